The van der Waals surface area contributed by atoms with E-state index >= 15 is 0 Å². The van der Waals surface area contributed by atoms with E-state index in [1.165, 1.54) is 5.57 Å². The third-order valence-electron chi connectivity index (χ3n) is 4.18. The van der Waals surface area contributed by atoms with Crippen molar-refractivity contribution < 1.29 is 9.53 Å². The molecule has 1 heterocycles. The molecular formula is C17H24N2O2. The molecule has 1 aromatic rings. The summed E-state index contributed by atoms with van der Waals surface area (Å²) in [4.78, 5) is 16.4. The molecule has 114 valence electrons. The minimum atomic E-state index is 0.0529. The molecule has 21 heavy (non-hydrogen) atoms. The van der Waals surface area contributed by atoms with E-state index < -0.39 is 0 Å². The molecule has 2 rings (SSSR count). The molecule has 4 nitrogen and oxygen atoms in total. The van der Waals surface area contributed by atoms with Gasteiger partial charge in [0, 0.05) is 18.8 Å². The maximum atomic E-state index is 12.4. The van der Waals surface area contributed by atoms with Gasteiger partial charge in [0.25, 0.3) is 0 Å². The van der Waals surface area contributed by atoms with Crippen molar-refractivity contribution in [1.29, 1.82) is 0 Å². The Morgan fingerprint density at radius 3 is 2.81 bits per heavy atom. The Hall–Kier alpha value is -1.84. The molecule has 0 aromatic carbocycles. The Morgan fingerprint density at radius 1 is 1.48 bits per heavy atom. The summed E-state index contributed by atoms with van der Waals surface area (Å²) < 4.78 is 5.08. The van der Waals surface area contributed by atoms with E-state index in [0.717, 1.165) is 5.56 Å². The SMILES string of the molecule is COc1cc(CNC(=O)C2C(C=C(C)C)C2(C)C)ccn1. The van der Waals surface area contributed by atoms with Gasteiger partial charge < -0.3 is 10.1 Å². The molecule has 0 spiro atoms. The van der Waals surface area contributed by atoms with Crippen LogP contribution in [-0.2, 0) is 11.3 Å². The molecular weight excluding hydrogens is 264 g/mol. The number of nitrogens with zero attached hydrogens (tertiary/aromatic N) is 1. The summed E-state index contributed by atoms with van der Waals surface area (Å²) in [6.45, 7) is 8.96. The third-order valence-corrected chi connectivity index (χ3v) is 4.18. The quantitative estimate of drug-likeness (QED) is 0.848. The van der Waals surface area contributed by atoms with Gasteiger partial charge in [0.2, 0.25) is 11.8 Å². The number of rotatable bonds is 5. The summed E-state index contributed by atoms with van der Waals surface area (Å²) in [5, 5.41) is 3.02. The van der Waals surface area contributed by atoms with Crippen LogP contribution in [0, 0.1) is 17.3 Å². The maximum absolute atomic E-state index is 12.4. The zero-order valence-electron chi connectivity index (χ0n) is 13.4. The van der Waals surface area contributed by atoms with Crippen molar-refractivity contribution in [2.45, 2.75) is 34.2 Å². The Bertz CT molecular complexity index is 560. The van der Waals surface area contributed by atoms with Gasteiger partial charge in [-0.2, -0.15) is 0 Å². The molecule has 1 saturated carbocycles. The molecule has 2 atom stereocenters. The van der Waals surface area contributed by atoms with Gasteiger partial charge in [0.05, 0.1) is 13.0 Å². The third kappa shape index (κ3) is 3.43. The minimum absolute atomic E-state index is 0.0529. The molecule has 0 bridgehead atoms. The second-order valence-electron chi connectivity index (χ2n) is 6.49. The summed E-state index contributed by atoms with van der Waals surface area (Å²) in [5.74, 6) is 1.10. The van der Waals surface area contributed by atoms with E-state index in [1.807, 2.05) is 12.1 Å². The highest BCUT2D eigenvalue weighted by Gasteiger charge is 2.60. The van der Waals surface area contributed by atoms with Crippen LogP contribution >= 0.6 is 0 Å². The van der Waals surface area contributed by atoms with E-state index in [-0.39, 0.29) is 17.2 Å². The molecule has 0 radical (unpaired) electrons. The lowest BCUT2D eigenvalue weighted by Crippen LogP contribution is -2.26. The first-order valence-electron chi connectivity index (χ1n) is 7.28. The summed E-state index contributed by atoms with van der Waals surface area (Å²) in [7, 11) is 1.58. The van der Waals surface area contributed by atoms with E-state index in [4.69, 9.17) is 4.74 Å². The molecule has 0 saturated heterocycles. The Morgan fingerprint density at radius 2 is 2.19 bits per heavy atom. The highest BCUT2D eigenvalue weighted by molar-refractivity contribution is 5.83. The monoisotopic (exact) mass is 288 g/mol. The highest BCUT2D eigenvalue weighted by Crippen LogP contribution is 2.59. The van der Waals surface area contributed by atoms with Crippen molar-refractivity contribution in [2.75, 3.05) is 7.11 Å². The van der Waals surface area contributed by atoms with Crippen LogP contribution in [0.25, 0.3) is 0 Å². The summed E-state index contributed by atoms with van der Waals surface area (Å²) in [6.07, 6.45) is 3.90. The number of carbonyl (C=O) groups excluding carboxylic acids is 1. The first-order chi connectivity index (χ1) is 9.86. The van der Waals surface area contributed by atoms with Crippen LogP contribution in [0.2, 0.25) is 0 Å². The minimum Gasteiger partial charge on any atom is -0.481 e. The van der Waals surface area contributed by atoms with Crippen LogP contribution in [0.5, 0.6) is 5.88 Å². The van der Waals surface area contributed by atoms with E-state index in [1.54, 1.807) is 13.3 Å². The van der Waals surface area contributed by atoms with Gasteiger partial charge in [-0.05, 0) is 36.8 Å². The molecule has 1 aliphatic carbocycles. The van der Waals surface area contributed by atoms with Gasteiger partial charge in [-0.1, -0.05) is 25.5 Å². The largest absolute Gasteiger partial charge is 0.481 e. The van der Waals surface area contributed by atoms with E-state index in [0.29, 0.717) is 18.3 Å². The van der Waals surface area contributed by atoms with Crippen molar-refractivity contribution >= 4 is 5.91 Å². The molecule has 1 N–H and O–H groups in total. The normalized spacial score (nSPS) is 22.3. The summed E-state index contributed by atoms with van der Waals surface area (Å²) in [5.41, 5.74) is 2.31. The van der Waals surface area contributed by atoms with Crippen LogP contribution in [0.3, 0.4) is 0 Å². The van der Waals surface area contributed by atoms with E-state index in [9.17, 15) is 4.79 Å². The topological polar surface area (TPSA) is 51.2 Å². The van der Waals surface area contributed by atoms with Crippen molar-refractivity contribution in [3.8, 4) is 5.88 Å². The number of nitrogens with one attached hydrogen (secondary N) is 1. The zero-order valence-corrected chi connectivity index (χ0v) is 13.4. The zero-order chi connectivity index (χ0) is 15.6. The number of amides is 1. The first kappa shape index (κ1) is 15.5. The van der Waals surface area contributed by atoms with Crippen LogP contribution in [0.1, 0.15) is 33.3 Å². The predicted octanol–water partition coefficient (Wildman–Crippen LogP) is 2.94. The van der Waals surface area contributed by atoms with Crippen molar-refractivity contribution in [1.82, 2.24) is 10.3 Å². The lowest BCUT2D eigenvalue weighted by atomic mass is 10.1. The molecule has 4 heteroatoms. The van der Waals surface area contributed by atoms with E-state index in [2.05, 4.69) is 44.1 Å². The summed E-state index contributed by atoms with van der Waals surface area (Å²) in [6, 6.07) is 3.72. The second-order valence-corrected chi connectivity index (χ2v) is 6.49. The molecule has 2 unspecified atom stereocenters. The average molecular weight is 288 g/mol. The number of allylic oxidation sites excluding steroid dienone is 2. The molecule has 1 aromatic heterocycles. The van der Waals surface area contributed by atoms with Crippen molar-refractivity contribution in [3.63, 3.8) is 0 Å². The fraction of sp³-hybridized carbons (Fsp3) is 0.529. The number of methoxy groups -OCH3 is 1. The Labute approximate surface area is 126 Å². The fourth-order valence-corrected chi connectivity index (χ4v) is 2.82. The van der Waals surface area contributed by atoms with Gasteiger partial charge in [0.1, 0.15) is 0 Å². The molecule has 1 fully saturated rings. The number of ether oxygens (including phenoxy) is 1. The number of carbonyl (C=O) groups is 1. The fourth-order valence-electron chi connectivity index (χ4n) is 2.82. The van der Waals surface area contributed by atoms with Crippen LogP contribution in [-0.4, -0.2) is 18.0 Å². The van der Waals surface area contributed by atoms with Gasteiger partial charge in [-0.3, -0.25) is 4.79 Å². The van der Waals surface area contributed by atoms with Crippen LogP contribution in [0.4, 0.5) is 0 Å². The van der Waals surface area contributed by atoms with Crippen LogP contribution < -0.4 is 10.1 Å². The molecule has 1 amide bonds. The van der Waals surface area contributed by atoms with Crippen molar-refractivity contribution in [2.24, 2.45) is 17.3 Å². The number of hydrogen-bond acceptors (Lipinski definition) is 3. The van der Waals surface area contributed by atoms with Gasteiger partial charge in [0.15, 0.2) is 0 Å². The predicted molar refractivity (Wildman–Crippen MR) is 82.8 cm³/mol. The number of hydrogen-bond donors (Lipinski definition) is 1. The van der Waals surface area contributed by atoms with Gasteiger partial charge in [-0.25, -0.2) is 4.98 Å². The van der Waals surface area contributed by atoms with Gasteiger partial charge >= 0.3 is 0 Å². The lowest BCUT2D eigenvalue weighted by molar-refractivity contribution is -0.123. The lowest BCUT2D eigenvalue weighted by Gasteiger charge is -2.07. The Balaban J connectivity index is 1.95. The standard InChI is InChI=1S/C17H24N2O2/c1-11(2)8-13-15(17(13,3)4)16(20)19-10-12-6-7-18-14(9-12)21-5/h6-9,13,15H,10H2,1-5H3,(H,19,20). The average Bonchev–Trinajstić information content (AvgIpc) is 2.96. The number of pyridine rings is 1. The summed E-state index contributed by atoms with van der Waals surface area (Å²) >= 11 is 0. The van der Waals surface area contributed by atoms with Crippen molar-refractivity contribution in [3.05, 3.63) is 35.5 Å². The smallest absolute Gasteiger partial charge is 0.224 e. The number of aromatic nitrogens is 1. The Kier molecular flexibility index (Phi) is 4.35. The van der Waals surface area contributed by atoms with Crippen LogP contribution in [0.15, 0.2) is 30.0 Å². The van der Waals surface area contributed by atoms with Gasteiger partial charge in [-0.15, -0.1) is 0 Å². The maximum Gasteiger partial charge on any atom is 0.224 e. The molecule has 1 aliphatic rings. The molecule has 0 aliphatic heterocycles. The second kappa shape index (κ2) is 5.88. The highest BCUT2D eigenvalue weighted by atomic mass is 16.5. The first-order valence-corrected chi connectivity index (χ1v) is 7.28.